The van der Waals surface area contributed by atoms with Gasteiger partial charge in [-0.25, -0.2) is 9.97 Å². The highest BCUT2D eigenvalue weighted by Gasteiger charge is 2.26. The molecule has 9 heteroatoms. The van der Waals surface area contributed by atoms with Crippen molar-refractivity contribution in [1.29, 1.82) is 0 Å². The first-order valence-corrected chi connectivity index (χ1v) is 12.3. The molecule has 0 spiro atoms. The number of carbonyl (C=O) groups excluding carboxylic acids is 1. The Morgan fingerprint density at radius 2 is 1.91 bits per heavy atom. The van der Waals surface area contributed by atoms with Crippen LogP contribution in [0.25, 0.3) is 11.0 Å². The predicted octanol–water partition coefficient (Wildman–Crippen LogP) is 3.86. The first-order valence-electron chi connectivity index (χ1n) is 12.3. The van der Waals surface area contributed by atoms with Gasteiger partial charge in [0.15, 0.2) is 0 Å². The minimum atomic E-state index is -0.0126. The molecule has 2 aliphatic rings. The van der Waals surface area contributed by atoms with E-state index < -0.39 is 0 Å². The summed E-state index contributed by atoms with van der Waals surface area (Å²) in [6.07, 6.45) is 10.5. The second-order valence-corrected chi connectivity index (χ2v) is 9.41. The Morgan fingerprint density at radius 1 is 1.12 bits per heavy atom. The number of hydrogen-bond donors (Lipinski definition) is 1. The van der Waals surface area contributed by atoms with E-state index in [9.17, 15) is 4.79 Å². The molecule has 5 rings (SSSR count). The number of aromatic nitrogens is 4. The van der Waals surface area contributed by atoms with Crippen LogP contribution in [0.1, 0.15) is 55.1 Å². The topological polar surface area (TPSA) is 88.4 Å². The average molecular weight is 464 g/mol. The number of hydrogen-bond acceptors (Lipinski definition) is 7. The first kappa shape index (κ1) is 22.6. The second kappa shape index (κ2) is 9.97. The van der Waals surface area contributed by atoms with Crippen LogP contribution in [0.15, 0.2) is 30.6 Å². The summed E-state index contributed by atoms with van der Waals surface area (Å²) >= 11 is 0. The van der Waals surface area contributed by atoms with E-state index in [0.29, 0.717) is 24.1 Å². The van der Waals surface area contributed by atoms with Gasteiger partial charge in [-0.15, -0.1) is 0 Å². The van der Waals surface area contributed by atoms with Gasteiger partial charge in [0.2, 0.25) is 5.95 Å². The zero-order chi connectivity index (χ0) is 23.5. The summed E-state index contributed by atoms with van der Waals surface area (Å²) in [5, 5.41) is 4.07. The maximum Gasteiger partial charge on any atom is 0.270 e. The van der Waals surface area contributed by atoms with Crippen molar-refractivity contribution in [2.45, 2.75) is 44.6 Å². The largest absolute Gasteiger partial charge is 0.491 e. The van der Waals surface area contributed by atoms with E-state index in [-0.39, 0.29) is 11.9 Å². The van der Waals surface area contributed by atoms with Crippen LogP contribution in [0.3, 0.4) is 0 Å². The van der Waals surface area contributed by atoms with Crippen LogP contribution < -0.4 is 10.1 Å². The van der Waals surface area contributed by atoms with Gasteiger partial charge in [0.05, 0.1) is 6.20 Å². The molecular formula is C25H33N7O2. The summed E-state index contributed by atoms with van der Waals surface area (Å²) in [6, 6.07) is 5.98. The molecule has 1 N–H and O–H groups in total. The Balaban J connectivity index is 1.31. The van der Waals surface area contributed by atoms with Crippen molar-refractivity contribution in [3.05, 3.63) is 36.3 Å². The summed E-state index contributed by atoms with van der Waals surface area (Å²) in [4.78, 5) is 30.6. The number of carbonyl (C=O) groups is 1. The Bertz CT molecular complexity index is 1130. The molecule has 0 bridgehead atoms. The second-order valence-electron chi connectivity index (χ2n) is 9.41. The fourth-order valence-corrected chi connectivity index (χ4v) is 4.95. The van der Waals surface area contributed by atoms with Gasteiger partial charge in [0.25, 0.3) is 5.91 Å². The number of amides is 1. The van der Waals surface area contributed by atoms with Crippen LogP contribution in [-0.2, 0) is 0 Å². The van der Waals surface area contributed by atoms with Crippen molar-refractivity contribution in [3.63, 3.8) is 0 Å². The third kappa shape index (κ3) is 4.84. The minimum Gasteiger partial charge on any atom is -0.491 e. The molecule has 1 amide bonds. The maximum absolute atomic E-state index is 12.9. The van der Waals surface area contributed by atoms with Crippen molar-refractivity contribution in [1.82, 2.24) is 29.3 Å². The van der Waals surface area contributed by atoms with E-state index >= 15 is 0 Å². The molecule has 0 radical (unpaired) electrons. The lowest BCUT2D eigenvalue weighted by molar-refractivity contribution is 0.0815. The van der Waals surface area contributed by atoms with Crippen LogP contribution in [0.4, 0.5) is 11.8 Å². The number of pyridine rings is 1. The molecule has 180 valence electrons. The van der Waals surface area contributed by atoms with E-state index in [1.54, 1.807) is 31.4 Å². The minimum absolute atomic E-state index is 0.0126. The Hall–Kier alpha value is -3.20. The van der Waals surface area contributed by atoms with Crippen LogP contribution in [0.2, 0.25) is 0 Å². The van der Waals surface area contributed by atoms with Crippen LogP contribution in [-0.4, -0.2) is 75.6 Å². The molecule has 1 saturated carbocycles. The van der Waals surface area contributed by atoms with Gasteiger partial charge < -0.3 is 19.5 Å². The Kier molecular flexibility index (Phi) is 6.62. The smallest absolute Gasteiger partial charge is 0.270 e. The lowest BCUT2D eigenvalue weighted by Gasteiger charge is -2.19. The molecule has 2 fully saturated rings. The number of fused-ring (bicyclic) bond motifs is 1. The molecule has 1 aliphatic carbocycles. The molecule has 1 aliphatic heterocycles. The molecule has 0 aromatic carbocycles. The Labute approximate surface area is 200 Å². The van der Waals surface area contributed by atoms with Crippen molar-refractivity contribution in [2.24, 2.45) is 0 Å². The fraction of sp³-hybridized carbons (Fsp3) is 0.520. The summed E-state index contributed by atoms with van der Waals surface area (Å²) < 4.78 is 7.96. The van der Waals surface area contributed by atoms with E-state index in [1.807, 2.05) is 18.2 Å². The molecule has 3 aromatic heterocycles. The fourth-order valence-electron chi connectivity index (χ4n) is 4.95. The number of anilines is 2. The number of nitrogens with one attached hydrogen (secondary N) is 1. The van der Waals surface area contributed by atoms with Gasteiger partial charge in [0.1, 0.15) is 29.5 Å². The molecule has 3 aromatic rings. The number of rotatable bonds is 8. The van der Waals surface area contributed by atoms with E-state index in [2.05, 4.69) is 24.8 Å². The molecule has 4 heterocycles. The average Bonchev–Trinajstić information content (AvgIpc) is 3.60. The maximum atomic E-state index is 12.9. The van der Waals surface area contributed by atoms with Crippen molar-refractivity contribution in [3.8, 4) is 5.75 Å². The monoisotopic (exact) mass is 463 g/mol. The summed E-state index contributed by atoms with van der Waals surface area (Å²) in [6.45, 7) is 3.96. The lowest BCUT2D eigenvalue weighted by atomic mass is 10.2. The highest BCUT2D eigenvalue weighted by Crippen LogP contribution is 2.35. The summed E-state index contributed by atoms with van der Waals surface area (Å²) in [5.74, 6) is 1.85. The van der Waals surface area contributed by atoms with Crippen LogP contribution in [0, 0.1) is 0 Å². The Morgan fingerprint density at radius 3 is 2.62 bits per heavy atom. The highest BCUT2D eigenvalue weighted by molar-refractivity contribution is 5.97. The van der Waals surface area contributed by atoms with Crippen molar-refractivity contribution in [2.75, 3.05) is 45.7 Å². The molecule has 34 heavy (non-hydrogen) atoms. The molecule has 0 unspecified atom stereocenters. The number of likely N-dealkylation sites (tertiary alicyclic amines) is 1. The number of nitrogens with zero attached hydrogens (tertiary/aromatic N) is 6. The van der Waals surface area contributed by atoms with Crippen molar-refractivity contribution >= 4 is 28.7 Å². The SMILES string of the molecule is CN(C)C(=O)c1cc2cnc(Nc3ccc(OCCN4CCCC4)cn3)nc2n1C1CCCC1. The van der Waals surface area contributed by atoms with Crippen LogP contribution >= 0.6 is 0 Å². The van der Waals surface area contributed by atoms with E-state index in [4.69, 9.17) is 9.72 Å². The first-order chi connectivity index (χ1) is 16.6. The normalized spacial score (nSPS) is 16.9. The van der Waals surface area contributed by atoms with Gasteiger partial charge >= 0.3 is 0 Å². The zero-order valence-corrected chi connectivity index (χ0v) is 20.0. The van der Waals surface area contributed by atoms with Gasteiger partial charge in [-0.1, -0.05) is 12.8 Å². The number of ether oxygens (including phenoxy) is 1. The summed E-state index contributed by atoms with van der Waals surface area (Å²) in [5.41, 5.74) is 1.46. The summed E-state index contributed by atoms with van der Waals surface area (Å²) in [7, 11) is 3.56. The van der Waals surface area contributed by atoms with Gasteiger partial charge in [0, 0.05) is 38.3 Å². The quantitative estimate of drug-likeness (QED) is 0.543. The van der Waals surface area contributed by atoms with Crippen LogP contribution in [0.5, 0.6) is 5.75 Å². The van der Waals surface area contributed by atoms with Crippen molar-refractivity contribution < 1.29 is 9.53 Å². The lowest BCUT2D eigenvalue weighted by Crippen LogP contribution is -2.25. The third-order valence-corrected chi connectivity index (χ3v) is 6.74. The van der Waals surface area contributed by atoms with E-state index in [0.717, 1.165) is 36.2 Å². The van der Waals surface area contributed by atoms with E-state index in [1.165, 1.54) is 38.8 Å². The molecule has 1 saturated heterocycles. The molecule has 9 nitrogen and oxygen atoms in total. The zero-order valence-electron chi connectivity index (χ0n) is 20.0. The van der Waals surface area contributed by atoms with Gasteiger partial charge in [-0.2, -0.15) is 4.98 Å². The van der Waals surface area contributed by atoms with Gasteiger partial charge in [-0.3, -0.25) is 9.69 Å². The highest BCUT2D eigenvalue weighted by atomic mass is 16.5. The molecular weight excluding hydrogens is 430 g/mol. The van der Waals surface area contributed by atoms with Gasteiger partial charge in [-0.05, 0) is 57.0 Å². The third-order valence-electron chi connectivity index (χ3n) is 6.74. The predicted molar refractivity (Wildman–Crippen MR) is 132 cm³/mol. The standard InChI is InChI=1S/C25H33N7O2/c1-30(2)24(33)21-15-18-16-27-25(29-23(18)32(21)19-7-3-4-8-19)28-22-10-9-20(17-26-22)34-14-13-31-11-5-6-12-31/h9-10,15-17,19H,3-8,11-14H2,1-2H3,(H,26,27,28,29). The molecule has 0 atom stereocenters.